The van der Waals surface area contributed by atoms with Gasteiger partial charge < -0.3 is 10.1 Å². The highest BCUT2D eigenvalue weighted by molar-refractivity contribution is 4.77. The van der Waals surface area contributed by atoms with E-state index in [1.54, 1.807) is 0 Å². The van der Waals surface area contributed by atoms with E-state index in [0.29, 0.717) is 0 Å². The van der Waals surface area contributed by atoms with E-state index >= 15 is 0 Å². The SMILES string of the molecule is C=CCCCOCCNC1CCCCC1C. The topological polar surface area (TPSA) is 21.3 Å². The van der Waals surface area contributed by atoms with E-state index in [1.807, 2.05) is 6.08 Å². The Morgan fingerprint density at radius 3 is 2.88 bits per heavy atom. The summed E-state index contributed by atoms with van der Waals surface area (Å²) in [7, 11) is 0. The van der Waals surface area contributed by atoms with Gasteiger partial charge in [0.1, 0.15) is 0 Å². The summed E-state index contributed by atoms with van der Waals surface area (Å²) in [6, 6.07) is 0.727. The van der Waals surface area contributed by atoms with E-state index in [1.165, 1.54) is 25.7 Å². The zero-order chi connectivity index (χ0) is 11.6. The summed E-state index contributed by atoms with van der Waals surface area (Å²) >= 11 is 0. The Hall–Kier alpha value is -0.340. The zero-order valence-electron chi connectivity index (χ0n) is 10.7. The van der Waals surface area contributed by atoms with Crippen molar-refractivity contribution in [1.82, 2.24) is 5.32 Å². The normalized spacial score (nSPS) is 25.6. The Bertz CT molecular complexity index is 182. The van der Waals surface area contributed by atoms with Crippen LogP contribution in [0.2, 0.25) is 0 Å². The van der Waals surface area contributed by atoms with Crippen LogP contribution in [-0.2, 0) is 4.74 Å². The lowest BCUT2D eigenvalue weighted by Gasteiger charge is -2.29. The molecule has 0 radical (unpaired) electrons. The van der Waals surface area contributed by atoms with Crippen molar-refractivity contribution in [2.75, 3.05) is 19.8 Å². The molecule has 16 heavy (non-hydrogen) atoms. The molecule has 1 fully saturated rings. The molecule has 0 amide bonds. The van der Waals surface area contributed by atoms with Crippen LogP contribution in [0, 0.1) is 5.92 Å². The maximum Gasteiger partial charge on any atom is 0.0591 e. The van der Waals surface area contributed by atoms with Crippen molar-refractivity contribution in [1.29, 1.82) is 0 Å². The van der Waals surface area contributed by atoms with Crippen LogP contribution < -0.4 is 5.32 Å². The molecule has 1 aliphatic rings. The van der Waals surface area contributed by atoms with Gasteiger partial charge in [0.15, 0.2) is 0 Å². The van der Waals surface area contributed by atoms with E-state index < -0.39 is 0 Å². The molecule has 94 valence electrons. The maximum absolute atomic E-state index is 5.55. The Morgan fingerprint density at radius 1 is 1.31 bits per heavy atom. The van der Waals surface area contributed by atoms with Crippen LogP contribution in [0.15, 0.2) is 12.7 Å². The van der Waals surface area contributed by atoms with Crippen molar-refractivity contribution in [2.45, 2.75) is 51.5 Å². The van der Waals surface area contributed by atoms with Crippen molar-refractivity contribution in [3.05, 3.63) is 12.7 Å². The number of allylic oxidation sites excluding steroid dienone is 1. The lowest BCUT2D eigenvalue weighted by atomic mass is 9.86. The predicted molar refractivity (Wildman–Crippen MR) is 69.7 cm³/mol. The van der Waals surface area contributed by atoms with Crippen molar-refractivity contribution in [3.63, 3.8) is 0 Å². The van der Waals surface area contributed by atoms with Gasteiger partial charge in [0, 0.05) is 19.2 Å². The number of ether oxygens (including phenoxy) is 1. The first-order valence-corrected chi connectivity index (χ1v) is 6.76. The van der Waals surface area contributed by atoms with E-state index in [0.717, 1.165) is 44.6 Å². The molecule has 2 atom stereocenters. The predicted octanol–water partition coefficient (Wildman–Crippen LogP) is 3.14. The summed E-state index contributed by atoms with van der Waals surface area (Å²) in [5, 5.41) is 3.62. The average Bonchev–Trinajstić information content (AvgIpc) is 2.30. The van der Waals surface area contributed by atoms with E-state index in [2.05, 4.69) is 18.8 Å². The van der Waals surface area contributed by atoms with Gasteiger partial charge in [0.25, 0.3) is 0 Å². The van der Waals surface area contributed by atoms with Crippen molar-refractivity contribution >= 4 is 0 Å². The second-order valence-corrected chi connectivity index (χ2v) is 4.87. The number of hydrogen-bond donors (Lipinski definition) is 1. The number of hydrogen-bond acceptors (Lipinski definition) is 2. The second kappa shape index (κ2) is 8.77. The zero-order valence-corrected chi connectivity index (χ0v) is 10.7. The summed E-state index contributed by atoms with van der Waals surface area (Å²) < 4.78 is 5.55. The van der Waals surface area contributed by atoms with Crippen molar-refractivity contribution in [3.8, 4) is 0 Å². The van der Waals surface area contributed by atoms with Gasteiger partial charge in [0.05, 0.1) is 6.61 Å². The van der Waals surface area contributed by atoms with Crippen LogP contribution in [0.25, 0.3) is 0 Å². The number of rotatable bonds is 8. The molecule has 2 heteroatoms. The van der Waals surface area contributed by atoms with Crippen LogP contribution in [0.1, 0.15) is 45.4 Å². The third kappa shape index (κ3) is 5.66. The molecule has 0 aromatic heterocycles. The molecule has 1 saturated carbocycles. The van der Waals surface area contributed by atoms with Gasteiger partial charge in [-0.25, -0.2) is 0 Å². The largest absolute Gasteiger partial charge is 0.380 e. The lowest BCUT2D eigenvalue weighted by molar-refractivity contribution is 0.127. The smallest absolute Gasteiger partial charge is 0.0591 e. The highest BCUT2D eigenvalue weighted by Crippen LogP contribution is 2.23. The highest BCUT2D eigenvalue weighted by Gasteiger charge is 2.19. The summed E-state index contributed by atoms with van der Waals surface area (Å²) in [5.74, 6) is 0.842. The Balaban J connectivity index is 1.91. The minimum atomic E-state index is 0.727. The molecule has 0 spiro atoms. The first-order chi connectivity index (χ1) is 7.84. The molecule has 2 nitrogen and oxygen atoms in total. The van der Waals surface area contributed by atoms with Gasteiger partial charge in [-0.15, -0.1) is 6.58 Å². The fourth-order valence-corrected chi connectivity index (χ4v) is 2.37. The summed E-state index contributed by atoms with van der Waals surface area (Å²) in [6.07, 6.45) is 9.65. The van der Waals surface area contributed by atoms with Crippen LogP contribution in [0.3, 0.4) is 0 Å². The molecule has 0 aliphatic heterocycles. The van der Waals surface area contributed by atoms with Gasteiger partial charge in [-0.05, 0) is 31.6 Å². The van der Waals surface area contributed by atoms with Crippen LogP contribution in [0.5, 0.6) is 0 Å². The Morgan fingerprint density at radius 2 is 2.12 bits per heavy atom. The molecule has 0 bridgehead atoms. The summed E-state index contributed by atoms with van der Waals surface area (Å²) in [6.45, 7) is 8.78. The quantitative estimate of drug-likeness (QED) is 0.506. The lowest BCUT2D eigenvalue weighted by Crippen LogP contribution is -2.38. The van der Waals surface area contributed by atoms with Crippen molar-refractivity contribution < 1.29 is 4.74 Å². The van der Waals surface area contributed by atoms with Gasteiger partial charge >= 0.3 is 0 Å². The van der Waals surface area contributed by atoms with Crippen LogP contribution in [-0.4, -0.2) is 25.8 Å². The molecule has 1 rings (SSSR count). The van der Waals surface area contributed by atoms with Gasteiger partial charge in [-0.2, -0.15) is 0 Å². The number of nitrogens with one attached hydrogen (secondary N) is 1. The average molecular weight is 225 g/mol. The van der Waals surface area contributed by atoms with Crippen molar-refractivity contribution in [2.24, 2.45) is 5.92 Å². The molecule has 0 heterocycles. The van der Waals surface area contributed by atoms with Gasteiger partial charge in [0.2, 0.25) is 0 Å². The van der Waals surface area contributed by atoms with Gasteiger partial charge in [-0.3, -0.25) is 0 Å². The molecular formula is C14H27NO. The molecule has 1 N–H and O–H groups in total. The molecule has 0 saturated heterocycles. The molecule has 0 aromatic carbocycles. The number of unbranched alkanes of at least 4 members (excludes halogenated alkanes) is 1. The molecule has 0 aromatic rings. The molecular weight excluding hydrogens is 198 g/mol. The third-order valence-corrected chi connectivity index (χ3v) is 3.46. The highest BCUT2D eigenvalue weighted by atomic mass is 16.5. The second-order valence-electron chi connectivity index (χ2n) is 4.87. The summed E-state index contributed by atoms with van der Waals surface area (Å²) in [5.41, 5.74) is 0. The molecule has 1 aliphatic carbocycles. The Kier molecular flexibility index (Phi) is 7.52. The van der Waals surface area contributed by atoms with Crippen LogP contribution >= 0.6 is 0 Å². The molecule has 2 unspecified atom stereocenters. The van der Waals surface area contributed by atoms with E-state index in [-0.39, 0.29) is 0 Å². The Labute approximate surface area is 100 Å². The first kappa shape index (κ1) is 13.7. The summed E-state index contributed by atoms with van der Waals surface area (Å²) in [4.78, 5) is 0. The monoisotopic (exact) mass is 225 g/mol. The maximum atomic E-state index is 5.55. The standard InChI is InChI=1S/C14H27NO/c1-3-4-7-11-16-12-10-15-14-9-6-5-8-13(14)2/h3,13-15H,1,4-12H2,2H3. The fraction of sp³-hybridized carbons (Fsp3) is 0.857. The van der Waals surface area contributed by atoms with E-state index in [4.69, 9.17) is 4.74 Å². The third-order valence-electron chi connectivity index (χ3n) is 3.46. The fourth-order valence-electron chi connectivity index (χ4n) is 2.37. The van der Waals surface area contributed by atoms with Crippen LogP contribution in [0.4, 0.5) is 0 Å². The van der Waals surface area contributed by atoms with Gasteiger partial charge in [-0.1, -0.05) is 25.8 Å². The minimum Gasteiger partial charge on any atom is -0.380 e. The minimum absolute atomic E-state index is 0.727. The van der Waals surface area contributed by atoms with E-state index in [9.17, 15) is 0 Å². The first-order valence-electron chi connectivity index (χ1n) is 6.76.